The Morgan fingerprint density at radius 1 is 0.731 bits per heavy atom. The van der Waals surface area contributed by atoms with Crippen molar-refractivity contribution >= 4 is 38.9 Å². The average Bonchev–Trinajstić information content (AvgIpc) is 2.67. The molecule has 3 nitrogen and oxygen atoms in total. The zero-order valence-corrected chi connectivity index (χ0v) is 14.3. The molecule has 0 aliphatic heterocycles. The molecule has 0 saturated heterocycles. The lowest BCUT2D eigenvalue weighted by Crippen LogP contribution is -2.14. The molecule has 0 aliphatic carbocycles. The van der Waals surface area contributed by atoms with Crippen molar-refractivity contribution in [3.05, 3.63) is 90.0 Å². The molecule has 0 saturated carbocycles. The molecule has 0 aliphatic rings. The standard InChI is InChI=1S/C23H17NO2/c1-15(25)20-12-11-19-13-17-9-5-6-10-18(17)14-21(19)22(20)24-23(26)16-7-3-2-4-8-16/h2-14H,1H3,(H,24,26). The van der Waals surface area contributed by atoms with E-state index in [-0.39, 0.29) is 11.7 Å². The third-order valence-electron chi connectivity index (χ3n) is 4.54. The number of carbonyl (C=O) groups is 2. The third kappa shape index (κ3) is 2.84. The van der Waals surface area contributed by atoms with Crippen LogP contribution in [0.5, 0.6) is 0 Å². The van der Waals surface area contributed by atoms with Crippen LogP contribution in [0.25, 0.3) is 21.5 Å². The number of hydrogen-bond donors (Lipinski definition) is 1. The van der Waals surface area contributed by atoms with E-state index in [4.69, 9.17) is 0 Å². The molecular formula is C23H17NO2. The smallest absolute Gasteiger partial charge is 0.255 e. The average molecular weight is 339 g/mol. The monoisotopic (exact) mass is 339 g/mol. The SMILES string of the molecule is CC(=O)c1ccc2cc3ccccc3cc2c1NC(=O)c1ccccc1. The number of Topliss-reactive ketones (excluding diaryl/α,β-unsaturated/α-hetero) is 1. The number of anilines is 1. The minimum absolute atomic E-state index is 0.0802. The molecule has 4 aromatic rings. The Morgan fingerprint density at radius 2 is 1.38 bits per heavy atom. The molecule has 126 valence electrons. The molecule has 0 unspecified atom stereocenters. The van der Waals surface area contributed by atoms with Crippen molar-refractivity contribution in [3.8, 4) is 0 Å². The Morgan fingerprint density at radius 3 is 2.08 bits per heavy atom. The Bertz CT molecular complexity index is 1150. The number of ketones is 1. The first kappa shape index (κ1) is 16.0. The number of hydrogen-bond acceptors (Lipinski definition) is 2. The van der Waals surface area contributed by atoms with Gasteiger partial charge in [0.2, 0.25) is 0 Å². The summed E-state index contributed by atoms with van der Waals surface area (Å²) in [7, 11) is 0. The zero-order valence-electron chi connectivity index (χ0n) is 14.3. The van der Waals surface area contributed by atoms with Crippen molar-refractivity contribution in [2.75, 3.05) is 5.32 Å². The van der Waals surface area contributed by atoms with E-state index >= 15 is 0 Å². The topological polar surface area (TPSA) is 46.2 Å². The quantitative estimate of drug-likeness (QED) is 0.398. The summed E-state index contributed by atoms with van der Waals surface area (Å²) >= 11 is 0. The largest absolute Gasteiger partial charge is 0.321 e. The number of carbonyl (C=O) groups excluding carboxylic acids is 2. The van der Waals surface area contributed by atoms with Gasteiger partial charge in [0.25, 0.3) is 5.91 Å². The van der Waals surface area contributed by atoms with Crippen LogP contribution in [0.3, 0.4) is 0 Å². The summed E-state index contributed by atoms with van der Waals surface area (Å²) in [6.07, 6.45) is 0. The molecule has 0 radical (unpaired) electrons. The first-order chi connectivity index (χ1) is 12.6. The Hall–Kier alpha value is -3.46. The van der Waals surface area contributed by atoms with Gasteiger partial charge in [-0.3, -0.25) is 9.59 Å². The van der Waals surface area contributed by atoms with E-state index in [1.54, 1.807) is 18.2 Å². The molecule has 0 heterocycles. The predicted octanol–water partition coefficient (Wildman–Crippen LogP) is 5.45. The van der Waals surface area contributed by atoms with E-state index in [0.29, 0.717) is 16.8 Å². The first-order valence-electron chi connectivity index (χ1n) is 8.46. The van der Waals surface area contributed by atoms with Crippen molar-refractivity contribution in [1.29, 1.82) is 0 Å². The van der Waals surface area contributed by atoms with Crippen molar-refractivity contribution in [2.45, 2.75) is 6.92 Å². The molecule has 4 aromatic carbocycles. The lowest BCUT2D eigenvalue weighted by molar-refractivity contribution is 0.101. The molecule has 0 fully saturated rings. The number of rotatable bonds is 3. The van der Waals surface area contributed by atoms with E-state index < -0.39 is 0 Å². The lowest BCUT2D eigenvalue weighted by atomic mass is 9.98. The molecular weight excluding hydrogens is 322 g/mol. The van der Waals surface area contributed by atoms with Crippen molar-refractivity contribution in [2.24, 2.45) is 0 Å². The molecule has 4 rings (SSSR count). The summed E-state index contributed by atoms with van der Waals surface area (Å²) in [5.41, 5.74) is 1.63. The van der Waals surface area contributed by atoms with Crippen molar-refractivity contribution < 1.29 is 9.59 Å². The van der Waals surface area contributed by atoms with E-state index in [0.717, 1.165) is 21.5 Å². The third-order valence-corrected chi connectivity index (χ3v) is 4.54. The Balaban J connectivity index is 1.92. The van der Waals surface area contributed by atoms with Crippen LogP contribution in [0.2, 0.25) is 0 Å². The number of nitrogens with one attached hydrogen (secondary N) is 1. The highest BCUT2D eigenvalue weighted by molar-refractivity contribution is 6.17. The van der Waals surface area contributed by atoms with E-state index in [1.807, 2.05) is 48.5 Å². The number of benzene rings is 4. The van der Waals surface area contributed by atoms with Gasteiger partial charge in [0.05, 0.1) is 5.69 Å². The maximum Gasteiger partial charge on any atom is 0.255 e. The first-order valence-corrected chi connectivity index (χ1v) is 8.46. The van der Waals surface area contributed by atoms with E-state index in [9.17, 15) is 9.59 Å². The minimum atomic E-state index is -0.228. The number of amides is 1. The summed E-state index contributed by atoms with van der Waals surface area (Å²) < 4.78 is 0. The van der Waals surface area contributed by atoms with Crippen LogP contribution in [-0.4, -0.2) is 11.7 Å². The van der Waals surface area contributed by atoms with Crippen LogP contribution in [0.1, 0.15) is 27.6 Å². The Kier molecular flexibility index (Phi) is 3.98. The Labute approximate surface area is 151 Å². The highest BCUT2D eigenvalue weighted by Crippen LogP contribution is 2.32. The molecule has 0 aromatic heterocycles. The van der Waals surface area contributed by atoms with Crippen LogP contribution < -0.4 is 5.32 Å². The second-order valence-electron chi connectivity index (χ2n) is 6.28. The molecule has 1 amide bonds. The van der Waals surface area contributed by atoms with Crippen molar-refractivity contribution in [3.63, 3.8) is 0 Å². The van der Waals surface area contributed by atoms with Gasteiger partial charge in [0.1, 0.15) is 0 Å². The molecule has 26 heavy (non-hydrogen) atoms. The fraction of sp³-hybridized carbons (Fsp3) is 0.0435. The van der Waals surface area contributed by atoms with E-state index in [1.165, 1.54) is 6.92 Å². The highest BCUT2D eigenvalue weighted by Gasteiger charge is 2.15. The number of fused-ring (bicyclic) bond motifs is 2. The van der Waals surface area contributed by atoms with Gasteiger partial charge in [-0.25, -0.2) is 0 Å². The normalized spacial score (nSPS) is 10.8. The summed E-state index contributed by atoms with van der Waals surface area (Å²) in [5, 5.41) is 6.99. The maximum atomic E-state index is 12.7. The van der Waals surface area contributed by atoms with Crippen molar-refractivity contribution in [1.82, 2.24) is 0 Å². The van der Waals surface area contributed by atoms with E-state index in [2.05, 4.69) is 17.4 Å². The summed E-state index contributed by atoms with van der Waals surface area (Å²) in [6, 6.07) is 24.9. The molecule has 0 spiro atoms. The van der Waals surface area contributed by atoms with Crippen LogP contribution in [0, 0.1) is 0 Å². The lowest BCUT2D eigenvalue weighted by Gasteiger charge is -2.14. The van der Waals surface area contributed by atoms with Gasteiger partial charge < -0.3 is 5.32 Å². The molecule has 0 bridgehead atoms. The summed E-state index contributed by atoms with van der Waals surface area (Å²) in [6.45, 7) is 1.51. The minimum Gasteiger partial charge on any atom is -0.321 e. The van der Waals surface area contributed by atoms with Crippen LogP contribution in [0.4, 0.5) is 5.69 Å². The van der Waals surface area contributed by atoms with Crippen LogP contribution >= 0.6 is 0 Å². The fourth-order valence-corrected chi connectivity index (χ4v) is 3.22. The predicted molar refractivity (Wildman–Crippen MR) is 106 cm³/mol. The summed E-state index contributed by atoms with van der Waals surface area (Å²) in [5.74, 6) is -0.308. The fourth-order valence-electron chi connectivity index (χ4n) is 3.22. The van der Waals surface area contributed by atoms with Gasteiger partial charge in [-0.05, 0) is 53.4 Å². The summed E-state index contributed by atoms with van der Waals surface area (Å²) in [4.78, 5) is 24.8. The second-order valence-corrected chi connectivity index (χ2v) is 6.28. The highest BCUT2D eigenvalue weighted by atomic mass is 16.1. The van der Waals surface area contributed by atoms with Crippen LogP contribution in [-0.2, 0) is 0 Å². The van der Waals surface area contributed by atoms with Gasteiger partial charge in [-0.1, -0.05) is 48.5 Å². The van der Waals surface area contributed by atoms with Gasteiger partial charge in [0, 0.05) is 16.5 Å². The van der Waals surface area contributed by atoms with Gasteiger partial charge in [-0.15, -0.1) is 0 Å². The van der Waals surface area contributed by atoms with Gasteiger partial charge in [0.15, 0.2) is 5.78 Å². The molecule has 1 N–H and O–H groups in total. The molecule has 0 atom stereocenters. The maximum absolute atomic E-state index is 12.7. The van der Waals surface area contributed by atoms with Crippen LogP contribution in [0.15, 0.2) is 78.9 Å². The molecule has 3 heteroatoms. The zero-order chi connectivity index (χ0) is 18.1. The van der Waals surface area contributed by atoms with Gasteiger partial charge >= 0.3 is 0 Å². The second kappa shape index (κ2) is 6.45. The van der Waals surface area contributed by atoms with Gasteiger partial charge in [-0.2, -0.15) is 0 Å².